The summed E-state index contributed by atoms with van der Waals surface area (Å²) in [5.41, 5.74) is 1.29. The molecule has 0 radical (unpaired) electrons. The van der Waals surface area contributed by atoms with E-state index in [4.69, 9.17) is 0 Å². The largest absolute Gasteiger partial charge is 0.344 e. The van der Waals surface area contributed by atoms with E-state index in [-0.39, 0.29) is 35.5 Å². The third-order valence-electron chi connectivity index (χ3n) is 3.80. The molecule has 0 saturated heterocycles. The summed E-state index contributed by atoms with van der Waals surface area (Å²) < 4.78 is 0. The Kier molecular flexibility index (Phi) is 8.29. The van der Waals surface area contributed by atoms with E-state index >= 15 is 0 Å². The van der Waals surface area contributed by atoms with E-state index < -0.39 is 6.04 Å². The molecule has 1 atom stereocenters. The first-order chi connectivity index (χ1) is 12.1. The van der Waals surface area contributed by atoms with Crippen molar-refractivity contribution in [3.63, 3.8) is 0 Å². The highest BCUT2D eigenvalue weighted by Gasteiger charge is 2.24. The van der Waals surface area contributed by atoms with Gasteiger partial charge in [-0.25, -0.2) is 0 Å². The van der Waals surface area contributed by atoms with E-state index in [0.717, 1.165) is 0 Å². The Bertz CT molecular complexity index is 622. The number of carbonyl (C=O) groups is 3. The van der Waals surface area contributed by atoms with Crippen molar-refractivity contribution in [1.29, 1.82) is 0 Å². The molecule has 144 valence electrons. The summed E-state index contributed by atoms with van der Waals surface area (Å²) in [6, 6.07) is 6.32. The summed E-state index contributed by atoms with van der Waals surface area (Å²) in [5.74, 6) is -0.336. The van der Waals surface area contributed by atoms with Crippen LogP contribution >= 0.6 is 0 Å². The molecule has 1 aromatic carbocycles. The first-order valence-electron chi connectivity index (χ1n) is 9.11. The quantitative estimate of drug-likeness (QED) is 0.663. The lowest BCUT2D eigenvalue weighted by Gasteiger charge is -2.22. The maximum Gasteiger partial charge on any atom is 0.247 e. The van der Waals surface area contributed by atoms with Crippen LogP contribution in [0.5, 0.6) is 0 Å². The lowest BCUT2D eigenvalue weighted by atomic mass is 10.0. The van der Waals surface area contributed by atoms with Crippen LogP contribution in [0.1, 0.15) is 48.0 Å². The lowest BCUT2D eigenvalue weighted by Crippen LogP contribution is -2.47. The average molecular weight is 361 g/mol. The molecule has 0 aliphatic rings. The number of hydrogen-bond acceptors (Lipinski definition) is 3. The molecule has 6 heteroatoms. The Balaban J connectivity index is 2.71. The standard InChI is InChI=1S/C20H31N3O3/c1-12(2)11-17(24)23-18(13(3)4)20(26)22-16-9-7-15(8-10-16)21-19(25)14(5)6/h7-10,12-14,18H,11H2,1-6H3,(H,21,25)(H,22,26)(H,23,24). The molecule has 1 unspecified atom stereocenters. The first-order valence-corrected chi connectivity index (χ1v) is 9.11. The summed E-state index contributed by atoms with van der Waals surface area (Å²) in [6.45, 7) is 11.4. The molecule has 0 saturated carbocycles. The Morgan fingerprint density at radius 3 is 1.65 bits per heavy atom. The molecule has 0 aliphatic carbocycles. The van der Waals surface area contributed by atoms with Crippen LogP contribution in [0.4, 0.5) is 11.4 Å². The molecule has 0 spiro atoms. The van der Waals surface area contributed by atoms with Crippen molar-refractivity contribution in [3.8, 4) is 0 Å². The molecule has 1 rings (SSSR count). The van der Waals surface area contributed by atoms with Crippen LogP contribution in [0.3, 0.4) is 0 Å². The SMILES string of the molecule is CC(C)CC(=O)NC(C(=O)Nc1ccc(NC(=O)C(C)C)cc1)C(C)C. The van der Waals surface area contributed by atoms with Gasteiger partial charge in [0.25, 0.3) is 0 Å². The lowest BCUT2D eigenvalue weighted by molar-refractivity contribution is -0.127. The Labute approximate surface area is 156 Å². The van der Waals surface area contributed by atoms with Gasteiger partial charge >= 0.3 is 0 Å². The van der Waals surface area contributed by atoms with Crippen molar-refractivity contribution in [2.24, 2.45) is 17.8 Å². The molecule has 3 amide bonds. The monoisotopic (exact) mass is 361 g/mol. The molecule has 6 nitrogen and oxygen atoms in total. The van der Waals surface area contributed by atoms with Gasteiger partial charge < -0.3 is 16.0 Å². The molecule has 3 N–H and O–H groups in total. The van der Waals surface area contributed by atoms with Gasteiger partial charge in [-0.05, 0) is 36.1 Å². The van der Waals surface area contributed by atoms with Gasteiger partial charge in [-0.1, -0.05) is 41.5 Å². The smallest absolute Gasteiger partial charge is 0.247 e. The zero-order valence-corrected chi connectivity index (χ0v) is 16.6. The summed E-state index contributed by atoms with van der Waals surface area (Å²) >= 11 is 0. The maximum absolute atomic E-state index is 12.5. The Morgan fingerprint density at radius 2 is 1.27 bits per heavy atom. The molecular formula is C20H31N3O3. The van der Waals surface area contributed by atoms with E-state index in [1.165, 1.54) is 0 Å². The molecule has 0 bridgehead atoms. The highest BCUT2D eigenvalue weighted by Crippen LogP contribution is 2.16. The predicted molar refractivity (Wildman–Crippen MR) is 105 cm³/mol. The van der Waals surface area contributed by atoms with Crippen molar-refractivity contribution >= 4 is 29.1 Å². The summed E-state index contributed by atoms with van der Waals surface area (Å²) in [6.07, 6.45) is 0.390. The molecule has 0 fully saturated rings. The van der Waals surface area contributed by atoms with Gasteiger partial charge in [0.15, 0.2) is 0 Å². The van der Waals surface area contributed by atoms with E-state index in [2.05, 4.69) is 16.0 Å². The number of benzene rings is 1. The van der Waals surface area contributed by atoms with Crippen LogP contribution in [0.2, 0.25) is 0 Å². The van der Waals surface area contributed by atoms with Crippen molar-refractivity contribution in [2.75, 3.05) is 10.6 Å². The van der Waals surface area contributed by atoms with Crippen LogP contribution in [0.15, 0.2) is 24.3 Å². The van der Waals surface area contributed by atoms with Gasteiger partial charge in [0.1, 0.15) is 6.04 Å². The van der Waals surface area contributed by atoms with Crippen LogP contribution in [0, 0.1) is 17.8 Å². The summed E-state index contributed by atoms with van der Waals surface area (Å²) in [5, 5.41) is 8.43. The second-order valence-electron chi connectivity index (χ2n) is 7.60. The minimum Gasteiger partial charge on any atom is -0.344 e. The average Bonchev–Trinajstić information content (AvgIpc) is 2.53. The third-order valence-corrected chi connectivity index (χ3v) is 3.80. The number of nitrogens with one attached hydrogen (secondary N) is 3. The topological polar surface area (TPSA) is 87.3 Å². The van der Waals surface area contributed by atoms with Crippen LogP contribution in [0.25, 0.3) is 0 Å². The maximum atomic E-state index is 12.5. The normalized spacial score (nSPS) is 12.2. The summed E-state index contributed by atoms with van der Waals surface area (Å²) in [4.78, 5) is 36.2. The Morgan fingerprint density at radius 1 is 0.808 bits per heavy atom. The van der Waals surface area contributed by atoms with Crippen molar-refractivity contribution in [1.82, 2.24) is 5.32 Å². The number of anilines is 2. The first kappa shape index (κ1) is 21.7. The van der Waals surface area contributed by atoms with Gasteiger partial charge in [-0.2, -0.15) is 0 Å². The van der Waals surface area contributed by atoms with Crippen LogP contribution in [-0.2, 0) is 14.4 Å². The minimum atomic E-state index is -0.596. The fourth-order valence-electron chi connectivity index (χ4n) is 2.28. The summed E-state index contributed by atoms with van der Waals surface area (Å²) in [7, 11) is 0. The van der Waals surface area contributed by atoms with Crippen LogP contribution in [-0.4, -0.2) is 23.8 Å². The number of amides is 3. The van der Waals surface area contributed by atoms with Gasteiger partial charge in [-0.15, -0.1) is 0 Å². The van der Waals surface area contributed by atoms with Gasteiger partial charge in [0, 0.05) is 23.7 Å². The fraction of sp³-hybridized carbons (Fsp3) is 0.550. The number of rotatable bonds is 8. The molecular weight excluding hydrogens is 330 g/mol. The van der Waals surface area contributed by atoms with Crippen molar-refractivity contribution in [2.45, 2.75) is 54.0 Å². The van der Waals surface area contributed by atoms with Gasteiger partial charge in [0.2, 0.25) is 17.7 Å². The van der Waals surface area contributed by atoms with E-state index in [9.17, 15) is 14.4 Å². The minimum absolute atomic E-state index is 0.0317. The molecule has 0 heterocycles. The number of hydrogen-bond donors (Lipinski definition) is 3. The predicted octanol–water partition coefficient (Wildman–Crippen LogP) is 3.41. The molecule has 0 aliphatic heterocycles. The third kappa shape index (κ3) is 7.25. The van der Waals surface area contributed by atoms with E-state index in [1.54, 1.807) is 24.3 Å². The van der Waals surface area contributed by atoms with Gasteiger partial charge in [0.05, 0.1) is 0 Å². The number of carbonyl (C=O) groups excluding carboxylic acids is 3. The zero-order chi connectivity index (χ0) is 19.9. The molecule has 1 aromatic rings. The fourth-order valence-corrected chi connectivity index (χ4v) is 2.28. The van der Waals surface area contributed by atoms with E-state index in [0.29, 0.717) is 17.8 Å². The highest BCUT2D eigenvalue weighted by molar-refractivity contribution is 5.98. The second kappa shape index (κ2) is 9.94. The van der Waals surface area contributed by atoms with Crippen molar-refractivity contribution < 1.29 is 14.4 Å². The van der Waals surface area contributed by atoms with Crippen molar-refractivity contribution in [3.05, 3.63) is 24.3 Å². The highest BCUT2D eigenvalue weighted by atomic mass is 16.2. The van der Waals surface area contributed by atoms with Gasteiger partial charge in [-0.3, -0.25) is 14.4 Å². The Hall–Kier alpha value is -2.37. The van der Waals surface area contributed by atoms with Crippen LogP contribution < -0.4 is 16.0 Å². The zero-order valence-electron chi connectivity index (χ0n) is 16.6. The molecule has 0 aromatic heterocycles. The second-order valence-corrected chi connectivity index (χ2v) is 7.60. The molecule has 26 heavy (non-hydrogen) atoms. The van der Waals surface area contributed by atoms with E-state index in [1.807, 2.05) is 41.5 Å².